The topological polar surface area (TPSA) is 33.1 Å². The van der Waals surface area contributed by atoms with Gasteiger partial charge in [-0.25, -0.2) is 4.98 Å². The molecule has 1 N–H and O–H groups in total. The third kappa shape index (κ3) is 1.74. The summed E-state index contributed by atoms with van der Waals surface area (Å²) in [5, 5.41) is 9.13. The molecule has 1 unspecified atom stereocenters. The van der Waals surface area contributed by atoms with Gasteiger partial charge in [-0.15, -0.1) is 0 Å². The van der Waals surface area contributed by atoms with E-state index < -0.39 is 12.1 Å². The van der Waals surface area contributed by atoms with Gasteiger partial charge in [0.25, 0.3) is 0 Å². The second-order valence-electron chi connectivity index (χ2n) is 2.48. The SMILES string of the molecule is Cc1nc(F)ccc1C(C)O. The first-order valence-electron chi connectivity index (χ1n) is 3.42. The molecule has 0 aliphatic heterocycles. The minimum absolute atomic E-state index is 0.508. The smallest absolute Gasteiger partial charge is 0.213 e. The summed E-state index contributed by atoms with van der Waals surface area (Å²) < 4.78 is 12.4. The van der Waals surface area contributed by atoms with E-state index in [1.807, 2.05) is 0 Å². The van der Waals surface area contributed by atoms with E-state index in [-0.39, 0.29) is 0 Å². The summed E-state index contributed by atoms with van der Waals surface area (Å²) in [4.78, 5) is 3.57. The summed E-state index contributed by atoms with van der Waals surface area (Å²) in [6, 6.07) is 2.79. The van der Waals surface area contributed by atoms with Gasteiger partial charge in [0.05, 0.1) is 6.10 Å². The normalized spacial score (nSPS) is 13.1. The number of hydrogen-bond donors (Lipinski definition) is 1. The third-order valence-corrected chi connectivity index (χ3v) is 1.54. The predicted octanol–water partition coefficient (Wildman–Crippen LogP) is 1.58. The van der Waals surface area contributed by atoms with Crippen molar-refractivity contribution in [2.45, 2.75) is 20.0 Å². The fourth-order valence-corrected chi connectivity index (χ4v) is 0.983. The number of aliphatic hydroxyl groups excluding tert-OH is 1. The van der Waals surface area contributed by atoms with Gasteiger partial charge in [0.1, 0.15) is 0 Å². The first-order chi connectivity index (χ1) is 5.11. The molecule has 60 valence electrons. The van der Waals surface area contributed by atoms with Gasteiger partial charge < -0.3 is 5.11 Å². The van der Waals surface area contributed by atoms with Crippen LogP contribution in [-0.4, -0.2) is 10.1 Å². The van der Waals surface area contributed by atoms with Gasteiger partial charge in [0, 0.05) is 11.3 Å². The van der Waals surface area contributed by atoms with Gasteiger partial charge in [-0.1, -0.05) is 6.07 Å². The van der Waals surface area contributed by atoms with Crippen molar-refractivity contribution in [3.63, 3.8) is 0 Å². The number of pyridine rings is 1. The molecule has 1 aromatic heterocycles. The number of halogens is 1. The lowest BCUT2D eigenvalue weighted by Gasteiger charge is -2.06. The van der Waals surface area contributed by atoms with Crippen LogP contribution in [0.3, 0.4) is 0 Å². The number of nitrogens with zero attached hydrogens (tertiary/aromatic N) is 1. The predicted molar refractivity (Wildman–Crippen MR) is 39.6 cm³/mol. The largest absolute Gasteiger partial charge is 0.389 e. The van der Waals surface area contributed by atoms with Crippen molar-refractivity contribution in [2.24, 2.45) is 0 Å². The Hall–Kier alpha value is -0.960. The van der Waals surface area contributed by atoms with Crippen LogP contribution >= 0.6 is 0 Å². The molecular formula is C8H10FNO. The minimum Gasteiger partial charge on any atom is -0.389 e. The highest BCUT2D eigenvalue weighted by Gasteiger charge is 2.05. The number of aromatic nitrogens is 1. The maximum atomic E-state index is 12.4. The van der Waals surface area contributed by atoms with Crippen molar-refractivity contribution >= 4 is 0 Å². The monoisotopic (exact) mass is 155 g/mol. The maximum absolute atomic E-state index is 12.4. The van der Waals surface area contributed by atoms with Crippen LogP contribution in [0.25, 0.3) is 0 Å². The van der Waals surface area contributed by atoms with Crippen LogP contribution in [0, 0.1) is 12.9 Å². The maximum Gasteiger partial charge on any atom is 0.213 e. The van der Waals surface area contributed by atoms with Crippen molar-refractivity contribution in [2.75, 3.05) is 0 Å². The Morgan fingerprint density at radius 2 is 2.18 bits per heavy atom. The molecule has 11 heavy (non-hydrogen) atoms. The van der Waals surface area contributed by atoms with Gasteiger partial charge in [0.15, 0.2) is 0 Å². The first kappa shape index (κ1) is 8.14. The van der Waals surface area contributed by atoms with Crippen LogP contribution < -0.4 is 0 Å². The fourth-order valence-electron chi connectivity index (χ4n) is 0.983. The van der Waals surface area contributed by atoms with E-state index in [9.17, 15) is 4.39 Å². The van der Waals surface area contributed by atoms with Gasteiger partial charge in [-0.05, 0) is 19.9 Å². The van der Waals surface area contributed by atoms with Gasteiger partial charge in [-0.3, -0.25) is 0 Å². The molecule has 0 fully saturated rings. The van der Waals surface area contributed by atoms with Crippen molar-refractivity contribution in [3.8, 4) is 0 Å². The summed E-state index contributed by atoms with van der Waals surface area (Å²) >= 11 is 0. The van der Waals surface area contributed by atoms with Gasteiger partial charge in [0.2, 0.25) is 5.95 Å². The summed E-state index contributed by atoms with van der Waals surface area (Å²) in [7, 11) is 0. The molecule has 0 bridgehead atoms. The zero-order valence-corrected chi connectivity index (χ0v) is 6.50. The second-order valence-corrected chi connectivity index (χ2v) is 2.48. The number of aliphatic hydroxyl groups is 1. The third-order valence-electron chi connectivity index (χ3n) is 1.54. The van der Waals surface area contributed by atoms with Gasteiger partial charge in [-0.2, -0.15) is 4.39 Å². The van der Waals surface area contributed by atoms with E-state index >= 15 is 0 Å². The average molecular weight is 155 g/mol. The molecule has 0 saturated heterocycles. The highest BCUT2D eigenvalue weighted by Crippen LogP contribution is 2.14. The molecule has 0 saturated carbocycles. The van der Waals surface area contributed by atoms with Crippen molar-refractivity contribution < 1.29 is 9.50 Å². The molecule has 1 rings (SSSR count). The van der Waals surface area contributed by atoms with Crippen molar-refractivity contribution in [1.29, 1.82) is 0 Å². The van der Waals surface area contributed by atoms with Crippen LogP contribution in [-0.2, 0) is 0 Å². The van der Waals surface area contributed by atoms with E-state index in [1.54, 1.807) is 19.9 Å². The number of hydrogen-bond acceptors (Lipinski definition) is 2. The van der Waals surface area contributed by atoms with Crippen LogP contribution in [0.1, 0.15) is 24.3 Å². The van der Waals surface area contributed by atoms with Crippen LogP contribution in [0.15, 0.2) is 12.1 Å². The standard InChI is InChI=1S/C8H10FNO/c1-5-7(6(2)11)3-4-8(9)10-5/h3-4,6,11H,1-2H3. The van der Waals surface area contributed by atoms with Crippen molar-refractivity contribution in [3.05, 3.63) is 29.3 Å². The van der Waals surface area contributed by atoms with E-state index in [0.29, 0.717) is 11.3 Å². The molecule has 1 atom stereocenters. The Labute approximate surface area is 64.7 Å². The van der Waals surface area contributed by atoms with Crippen LogP contribution in [0.2, 0.25) is 0 Å². The molecule has 0 amide bonds. The molecule has 1 heterocycles. The zero-order chi connectivity index (χ0) is 8.43. The molecule has 2 nitrogen and oxygen atoms in total. The second kappa shape index (κ2) is 2.96. The molecule has 0 aliphatic carbocycles. The van der Waals surface area contributed by atoms with E-state index in [4.69, 9.17) is 5.11 Å². The molecular weight excluding hydrogens is 145 g/mol. The number of rotatable bonds is 1. The highest BCUT2D eigenvalue weighted by molar-refractivity contribution is 5.20. The average Bonchev–Trinajstić information content (AvgIpc) is 1.85. The van der Waals surface area contributed by atoms with Gasteiger partial charge >= 0.3 is 0 Å². The van der Waals surface area contributed by atoms with Crippen LogP contribution in [0.5, 0.6) is 0 Å². The Kier molecular flexibility index (Phi) is 2.19. The fraction of sp³-hybridized carbons (Fsp3) is 0.375. The Morgan fingerprint density at radius 1 is 1.55 bits per heavy atom. The molecule has 3 heteroatoms. The summed E-state index contributed by atoms with van der Waals surface area (Å²) in [6.07, 6.45) is -0.580. The van der Waals surface area contributed by atoms with E-state index in [1.165, 1.54) is 6.07 Å². The molecule has 0 radical (unpaired) electrons. The van der Waals surface area contributed by atoms with E-state index in [0.717, 1.165) is 0 Å². The molecule has 1 aromatic rings. The Bertz CT molecular complexity index is 260. The lowest BCUT2D eigenvalue weighted by Crippen LogP contribution is -1.98. The molecule has 0 aliphatic rings. The Balaban J connectivity index is 3.09. The summed E-state index contributed by atoms with van der Waals surface area (Å²) in [5.74, 6) is -0.508. The van der Waals surface area contributed by atoms with Crippen LogP contribution in [0.4, 0.5) is 4.39 Å². The molecule has 0 aromatic carbocycles. The lowest BCUT2D eigenvalue weighted by molar-refractivity contribution is 0.198. The Morgan fingerprint density at radius 3 is 2.64 bits per heavy atom. The lowest BCUT2D eigenvalue weighted by atomic mass is 10.1. The number of aryl methyl sites for hydroxylation is 1. The first-order valence-corrected chi connectivity index (χ1v) is 3.42. The summed E-state index contributed by atoms with van der Waals surface area (Å²) in [5.41, 5.74) is 1.21. The van der Waals surface area contributed by atoms with Crippen molar-refractivity contribution in [1.82, 2.24) is 4.98 Å². The summed E-state index contributed by atoms with van der Waals surface area (Å²) in [6.45, 7) is 3.30. The zero-order valence-electron chi connectivity index (χ0n) is 6.50. The quantitative estimate of drug-likeness (QED) is 0.624. The minimum atomic E-state index is -0.580. The molecule has 0 spiro atoms. The highest BCUT2D eigenvalue weighted by atomic mass is 19.1. The van der Waals surface area contributed by atoms with E-state index in [2.05, 4.69) is 4.98 Å².